The van der Waals surface area contributed by atoms with E-state index in [2.05, 4.69) is 19.2 Å². The Morgan fingerprint density at radius 3 is 2.68 bits per heavy atom. The fourth-order valence-electron chi connectivity index (χ4n) is 3.87. The number of hydrogen-bond donors (Lipinski definition) is 1. The minimum absolute atomic E-state index is 0.400. The Morgan fingerprint density at radius 2 is 2.00 bits per heavy atom. The number of aliphatic imine (C=N–C) groups is 1. The van der Waals surface area contributed by atoms with Crippen LogP contribution >= 0.6 is 11.8 Å². The van der Waals surface area contributed by atoms with Crippen LogP contribution in [0.2, 0.25) is 0 Å². The van der Waals surface area contributed by atoms with E-state index in [1.165, 1.54) is 55.9 Å². The van der Waals surface area contributed by atoms with Crippen LogP contribution in [0.5, 0.6) is 0 Å². The molecule has 2 saturated carbocycles. The van der Waals surface area contributed by atoms with Gasteiger partial charge in [0.2, 0.25) is 0 Å². The van der Waals surface area contributed by atoms with Crippen molar-refractivity contribution in [2.45, 2.75) is 64.3 Å². The second-order valence-electron chi connectivity index (χ2n) is 7.19. The Labute approximate surface area is 122 Å². The fraction of sp³-hybridized carbons (Fsp3) is 0.938. The summed E-state index contributed by atoms with van der Waals surface area (Å²) in [7, 11) is 0. The molecule has 3 rings (SSSR count). The molecule has 0 radical (unpaired) electrons. The molecule has 0 aromatic rings. The zero-order chi connectivity index (χ0) is 13.3. The molecule has 3 fully saturated rings. The molecule has 2 unspecified atom stereocenters. The molecule has 3 aliphatic rings. The minimum Gasteiger partial charge on any atom is -0.359 e. The van der Waals surface area contributed by atoms with Crippen molar-refractivity contribution >= 4 is 16.9 Å². The van der Waals surface area contributed by atoms with Gasteiger partial charge in [-0.05, 0) is 49.9 Å². The lowest BCUT2D eigenvalue weighted by molar-refractivity contribution is 0.250. The number of nitrogens with zero attached hydrogens (tertiary/aromatic N) is 1. The lowest BCUT2D eigenvalue weighted by atomic mass is 9.78. The SMILES string of the molecule is CC1CCC2(CC1)CSC(=NCC1CCCC1C)N2. The normalized spacial score (nSPS) is 44.9. The number of thioether (sulfide) groups is 1. The van der Waals surface area contributed by atoms with Gasteiger partial charge < -0.3 is 5.32 Å². The average molecular weight is 280 g/mol. The van der Waals surface area contributed by atoms with Crippen LogP contribution in [0, 0.1) is 17.8 Å². The second kappa shape index (κ2) is 5.67. The van der Waals surface area contributed by atoms with Crippen molar-refractivity contribution in [1.29, 1.82) is 0 Å². The molecular weight excluding hydrogens is 252 g/mol. The van der Waals surface area contributed by atoms with Crippen LogP contribution in [0.1, 0.15) is 58.8 Å². The van der Waals surface area contributed by atoms with Crippen molar-refractivity contribution in [2.24, 2.45) is 22.7 Å². The first kappa shape index (κ1) is 13.8. The van der Waals surface area contributed by atoms with E-state index in [-0.39, 0.29) is 0 Å². The van der Waals surface area contributed by atoms with Gasteiger partial charge in [0.15, 0.2) is 5.17 Å². The standard InChI is InChI=1S/C16H28N2S/c1-12-6-8-16(9-7-12)11-19-15(18-16)17-10-14-5-3-4-13(14)2/h12-14H,3-11H2,1-2H3,(H,17,18). The van der Waals surface area contributed by atoms with Crippen LogP contribution in [0.25, 0.3) is 0 Å². The fourth-order valence-corrected chi connectivity index (χ4v) is 5.10. The first-order valence-corrected chi connectivity index (χ1v) is 9.11. The Hall–Kier alpha value is -0.180. The Balaban J connectivity index is 1.53. The first-order valence-electron chi connectivity index (χ1n) is 8.12. The van der Waals surface area contributed by atoms with Gasteiger partial charge in [-0.2, -0.15) is 0 Å². The molecule has 0 aromatic carbocycles. The van der Waals surface area contributed by atoms with Gasteiger partial charge in [0, 0.05) is 17.8 Å². The van der Waals surface area contributed by atoms with Crippen molar-refractivity contribution < 1.29 is 0 Å². The maximum atomic E-state index is 4.89. The molecule has 0 bridgehead atoms. The predicted molar refractivity (Wildman–Crippen MR) is 84.8 cm³/mol. The molecule has 19 heavy (non-hydrogen) atoms. The van der Waals surface area contributed by atoms with E-state index >= 15 is 0 Å². The van der Waals surface area contributed by atoms with Crippen molar-refractivity contribution in [2.75, 3.05) is 12.3 Å². The molecule has 2 atom stereocenters. The maximum absolute atomic E-state index is 4.89. The zero-order valence-electron chi connectivity index (χ0n) is 12.5. The third-order valence-electron chi connectivity index (χ3n) is 5.60. The van der Waals surface area contributed by atoms with Crippen molar-refractivity contribution in [3.63, 3.8) is 0 Å². The number of amidine groups is 1. The summed E-state index contributed by atoms with van der Waals surface area (Å²) in [5, 5.41) is 5.02. The predicted octanol–water partition coefficient (Wildman–Crippen LogP) is 4.06. The van der Waals surface area contributed by atoms with Crippen LogP contribution in [-0.2, 0) is 0 Å². The summed E-state index contributed by atoms with van der Waals surface area (Å²) in [5.74, 6) is 3.91. The summed E-state index contributed by atoms with van der Waals surface area (Å²) in [6, 6.07) is 0. The van der Waals surface area contributed by atoms with Crippen molar-refractivity contribution in [1.82, 2.24) is 5.32 Å². The molecule has 0 aromatic heterocycles. The van der Waals surface area contributed by atoms with Crippen LogP contribution in [-0.4, -0.2) is 23.0 Å². The third kappa shape index (κ3) is 3.12. The summed E-state index contributed by atoms with van der Waals surface area (Å²) in [6.45, 7) is 5.85. The number of rotatable bonds is 2. The van der Waals surface area contributed by atoms with Crippen LogP contribution in [0.3, 0.4) is 0 Å². The highest BCUT2D eigenvalue weighted by Crippen LogP contribution is 2.38. The lowest BCUT2D eigenvalue weighted by Crippen LogP contribution is -2.46. The summed E-state index contributed by atoms with van der Waals surface area (Å²) in [4.78, 5) is 4.89. The van der Waals surface area contributed by atoms with Gasteiger partial charge in [0.1, 0.15) is 0 Å². The highest BCUT2D eigenvalue weighted by Gasteiger charge is 2.39. The largest absolute Gasteiger partial charge is 0.359 e. The topological polar surface area (TPSA) is 24.4 Å². The zero-order valence-corrected chi connectivity index (χ0v) is 13.3. The Morgan fingerprint density at radius 1 is 1.21 bits per heavy atom. The van der Waals surface area contributed by atoms with Gasteiger partial charge in [-0.1, -0.05) is 38.5 Å². The third-order valence-corrected chi connectivity index (χ3v) is 6.80. The van der Waals surface area contributed by atoms with Crippen molar-refractivity contribution in [3.8, 4) is 0 Å². The summed E-state index contributed by atoms with van der Waals surface area (Å²) >= 11 is 1.97. The number of hydrogen-bond acceptors (Lipinski definition) is 2. The monoisotopic (exact) mass is 280 g/mol. The van der Waals surface area contributed by atoms with E-state index in [4.69, 9.17) is 4.99 Å². The molecule has 1 saturated heterocycles. The maximum Gasteiger partial charge on any atom is 0.157 e. The van der Waals surface area contributed by atoms with Crippen LogP contribution < -0.4 is 5.32 Å². The molecule has 1 heterocycles. The smallest absolute Gasteiger partial charge is 0.157 e. The summed E-state index contributed by atoms with van der Waals surface area (Å²) in [5.41, 5.74) is 0.400. The Kier molecular flexibility index (Phi) is 4.11. The van der Waals surface area contributed by atoms with Crippen LogP contribution in [0.4, 0.5) is 0 Å². The van der Waals surface area contributed by atoms with E-state index < -0.39 is 0 Å². The van der Waals surface area contributed by atoms with E-state index in [1.54, 1.807) is 0 Å². The van der Waals surface area contributed by atoms with Gasteiger partial charge in [-0.25, -0.2) is 0 Å². The van der Waals surface area contributed by atoms with Gasteiger partial charge in [-0.3, -0.25) is 4.99 Å². The van der Waals surface area contributed by atoms with Gasteiger partial charge in [0.05, 0.1) is 0 Å². The Bertz CT molecular complexity index is 345. The second-order valence-corrected chi connectivity index (χ2v) is 8.15. The first-order chi connectivity index (χ1) is 9.17. The van der Waals surface area contributed by atoms with Crippen molar-refractivity contribution in [3.05, 3.63) is 0 Å². The lowest BCUT2D eigenvalue weighted by Gasteiger charge is -2.35. The molecule has 1 N–H and O–H groups in total. The molecular formula is C16H28N2S. The molecule has 1 aliphatic heterocycles. The van der Waals surface area contributed by atoms with Crippen LogP contribution in [0.15, 0.2) is 4.99 Å². The van der Waals surface area contributed by atoms with Gasteiger partial charge >= 0.3 is 0 Å². The highest BCUT2D eigenvalue weighted by atomic mass is 32.2. The molecule has 2 nitrogen and oxygen atoms in total. The molecule has 2 aliphatic carbocycles. The summed E-state index contributed by atoms with van der Waals surface area (Å²) < 4.78 is 0. The van der Waals surface area contributed by atoms with Gasteiger partial charge in [0.25, 0.3) is 0 Å². The average Bonchev–Trinajstić information content (AvgIpc) is 2.99. The molecule has 0 amide bonds. The molecule has 3 heteroatoms. The quantitative estimate of drug-likeness (QED) is 0.825. The molecule has 108 valence electrons. The van der Waals surface area contributed by atoms with E-state index in [0.29, 0.717) is 5.54 Å². The van der Waals surface area contributed by atoms with E-state index in [0.717, 1.165) is 24.3 Å². The van der Waals surface area contributed by atoms with Gasteiger partial charge in [-0.15, -0.1) is 0 Å². The van der Waals surface area contributed by atoms with E-state index in [9.17, 15) is 0 Å². The minimum atomic E-state index is 0.400. The van der Waals surface area contributed by atoms with E-state index in [1.807, 2.05) is 11.8 Å². The molecule has 1 spiro atoms. The highest BCUT2D eigenvalue weighted by molar-refractivity contribution is 8.14. The summed E-state index contributed by atoms with van der Waals surface area (Å²) in [6.07, 6.45) is 9.70. The number of nitrogens with one attached hydrogen (secondary N) is 1.